The topological polar surface area (TPSA) is 73.6 Å². The molecule has 0 unspecified atom stereocenters. The number of aromatic nitrogens is 2. The molecule has 7 nitrogen and oxygen atoms in total. The molecule has 1 aromatic carbocycles. The Hall–Kier alpha value is -2.38. The number of para-hydroxylation sites is 1. The van der Waals surface area contributed by atoms with Gasteiger partial charge in [0.2, 0.25) is 0 Å². The zero-order valence-corrected chi connectivity index (χ0v) is 16.3. The van der Waals surface area contributed by atoms with Crippen LogP contribution in [0.2, 0.25) is 0 Å². The molecule has 1 fully saturated rings. The predicted octanol–water partition coefficient (Wildman–Crippen LogP) is 2.32. The van der Waals surface area contributed by atoms with E-state index in [1.54, 1.807) is 0 Å². The summed E-state index contributed by atoms with van der Waals surface area (Å²) in [7, 11) is 0. The van der Waals surface area contributed by atoms with Crippen LogP contribution in [0.3, 0.4) is 0 Å². The fraction of sp³-hybridized carbons (Fsp3) is 0.524. The van der Waals surface area contributed by atoms with Crippen LogP contribution in [-0.4, -0.2) is 63.0 Å². The zero-order valence-electron chi connectivity index (χ0n) is 16.3. The third kappa shape index (κ3) is 4.54. The Balaban J connectivity index is 1.33. The number of carbonyl (C=O) groups excluding carboxylic acids is 1. The molecule has 150 valence electrons. The summed E-state index contributed by atoms with van der Waals surface area (Å²) >= 11 is 0. The van der Waals surface area contributed by atoms with E-state index in [0.717, 1.165) is 36.5 Å². The van der Waals surface area contributed by atoms with E-state index < -0.39 is 6.10 Å². The summed E-state index contributed by atoms with van der Waals surface area (Å²) in [6.07, 6.45) is 5.93. The highest BCUT2D eigenvalue weighted by Gasteiger charge is 2.25. The van der Waals surface area contributed by atoms with Crippen molar-refractivity contribution >= 4 is 11.7 Å². The lowest BCUT2D eigenvalue weighted by Crippen LogP contribution is -2.40. The van der Waals surface area contributed by atoms with Crippen molar-refractivity contribution in [2.24, 2.45) is 0 Å². The molecule has 2 aromatic rings. The second-order valence-electron chi connectivity index (χ2n) is 7.78. The van der Waals surface area contributed by atoms with E-state index in [-0.39, 0.29) is 6.03 Å². The SMILES string of the molecule is O=C(Nc1ccccc1)N1CCc2c(cnn2C[C@H](O)CN2CCCCC2)C1. The molecule has 2 N–H and O–H groups in total. The molecule has 0 spiro atoms. The molecule has 0 saturated carbocycles. The van der Waals surface area contributed by atoms with Gasteiger partial charge in [-0.1, -0.05) is 24.6 Å². The lowest BCUT2D eigenvalue weighted by atomic mass is 10.1. The Morgan fingerprint density at radius 1 is 1.11 bits per heavy atom. The highest BCUT2D eigenvalue weighted by molar-refractivity contribution is 5.89. The predicted molar refractivity (Wildman–Crippen MR) is 108 cm³/mol. The first kappa shape index (κ1) is 19.0. The number of hydrogen-bond donors (Lipinski definition) is 2. The molecule has 2 aliphatic heterocycles. The van der Waals surface area contributed by atoms with Gasteiger partial charge in [-0.25, -0.2) is 4.79 Å². The molecule has 0 radical (unpaired) electrons. The average Bonchev–Trinajstić information content (AvgIpc) is 3.11. The number of hydrogen-bond acceptors (Lipinski definition) is 4. The van der Waals surface area contributed by atoms with Gasteiger partial charge in [0.15, 0.2) is 0 Å². The van der Waals surface area contributed by atoms with Crippen LogP contribution < -0.4 is 5.32 Å². The molecule has 4 rings (SSSR count). The van der Waals surface area contributed by atoms with Crippen LogP contribution in [0.4, 0.5) is 10.5 Å². The fourth-order valence-electron chi connectivity index (χ4n) is 4.15. The number of piperidine rings is 1. The minimum atomic E-state index is -0.415. The van der Waals surface area contributed by atoms with Crippen molar-refractivity contribution in [3.05, 3.63) is 47.8 Å². The van der Waals surface area contributed by atoms with Crippen molar-refractivity contribution in [2.45, 2.75) is 44.9 Å². The number of benzene rings is 1. The number of rotatable bonds is 5. The van der Waals surface area contributed by atoms with Crippen molar-refractivity contribution < 1.29 is 9.90 Å². The number of urea groups is 1. The molecule has 0 aliphatic carbocycles. The van der Waals surface area contributed by atoms with Gasteiger partial charge in [0.25, 0.3) is 0 Å². The standard InChI is InChI=1S/C21H29N5O2/c27-19(15-24-10-5-2-6-11-24)16-26-20-9-12-25(14-17(20)13-22-26)21(28)23-18-7-3-1-4-8-18/h1,3-4,7-8,13,19,27H,2,5-6,9-12,14-16H2,(H,23,28)/t19-/m1/s1. The largest absolute Gasteiger partial charge is 0.390 e. The van der Waals surface area contributed by atoms with Gasteiger partial charge in [-0.3, -0.25) is 4.68 Å². The van der Waals surface area contributed by atoms with Crippen molar-refractivity contribution in [3.8, 4) is 0 Å². The second-order valence-corrected chi connectivity index (χ2v) is 7.78. The molecule has 2 amide bonds. The van der Waals surface area contributed by atoms with Gasteiger partial charge >= 0.3 is 6.03 Å². The van der Waals surface area contributed by atoms with Crippen LogP contribution in [0.15, 0.2) is 36.5 Å². The first-order chi connectivity index (χ1) is 13.7. The maximum absolute atomic E-state index is 12.5. The quantitative estimate of drug-likeness (QED) is 0.831. The summed E-state index contributed by atoms with van der Waals surface area (Å²) in [6, 6.07) is 9.42. The van der Waals surface area contributed by atoms with Crippen LogP contribution in [0.1, 0.15) is 30.5 Å². The number of aliphatic hydroxyl groups is 1. The average molecular weight is 383 g/mol. The van der Waals surface area contributed by atoms with Crippen LogP contribution >= 0.6 is 0 Å². The number of β-amino-alcohol motifs (C(OH)–C–C–N with tert-alkyl or cyclic N) is 1. The van der Waals surface area contributed by atoms with E-state index in [9.17, 15) is 9.90 Å². The number of aliphatic hydroxyl groups excluding tert-OH is 1. The van der Waals surface area contributed by atoms with Gasteiger partial charge < -0.3 is 20.2 Å². The minimum Gasteiger partial charge on any atom is -0.390 e. The molecule has 28 heavy (non-hydrogen) atoms. The van der Waals surface area contributed by atoms with Crippen LogP contribution in [-0.2, 0) is 19.5 Å². The first-order valence-electron chi connectivity index (χ1n) is 10.2. The normalized spacial score (nSPS) is 18.5. The molecular formula is C21H29N5O2. The van der Waals surface area contributed by atoms with Crippen molar-refractivity contribution in [3.63, 3.8) is 0 Å². The Morgan fingerprint density at radius 3 is 2.68 bits per heavy atom. The number of nitrogens with zero attached hydrogens (tertiary/aromatic N) is 4. The molecule has 7 heteroatoms. The monoisotopic (exact) mass is 383 g/mol. The Labute approximate surface area is 165 Å². The van der Waals surface area contributed by atoms with E-state index in [4.69, 9.17) is 0 Å². The van der Waals surface area contributed by atoms with E-state index in [1.165, 1.54) is 19.3 Å². The Bertz CT molecular complexity index is 785. The summed E-state index contributed by atoms with van der Waals surface area (Å²) < 4.78 is 1.93. The second kappa shape index (κ2) is 8.75. The van der Waals surface area contributed by atoms with Gasteiger partial charge in [0.05, 0.1) is 25.4 Å². The number of anilines is 1. The molecular weight excluding hydrogens is 354 g/mol. The third-order valence-corrected chi connectivity index (χ3v) is 5.63. The number of amides is 2. The molecule has 3 heterocycles. The van der Waals surface area contributed by atoms with E-state index in [0.29, 0.717) is 26.2 Å². The summed E-state index contributed by atoms with van der Waals surface area (Å²) in [5, 5.41) is 17.9. The van der Waals surface area contributed by atoms with Crippen molar-refractivity contribution in [1.29, 1.82) is 0 Å². The smallest absolute Gasteiger partial charge is 0.322 e. The minimum absolute atomic E-state index is 0.0882. The van der Waals surface area contributed by atoms with E-state index in [1.807, 2.05) is 46.1 Å². The highest BCUT2D eigenvalue weighted by atomic mass is 16.3. The zero-order chi connectivity index (χ0) is 19.3. The van der Waals surface area contributed by atoms with Gasteiger partial charge in [-0.2, -0.15) is 5.10 Å². The summed E-state index contributed by atoms with van der Waals surface area (Å²) in [5.41, 5.74) is 3.01. The van der Waals surface area contributed by atoms with Crippen LogP contribution in [0.5, 0.6) is 0 Å². The number of likely N-dealkylation sites (tertiary alicyclic amines) is 1. The number of carbonyl (C=O) groups is 1. The Morgan fingerprint density at radius 2 is 1.89 bits per heavy atom. The lowest BCUT2D eigenvalue weighted by Gasteiger charge is -2.29. The number of fused-ring (bicyclic) bond motifs is 1. The summed E-state index contributed by atoms with van der Waals surface area (Å²) in [6.45, 7) is 4.59. The summed E-state index contributed by atoms with van der Waals surface area (Å²) in [4.78, 5) is 16.7. The molecule has 0 bridgehead atoms. The Kier molecular flexibility index (Phi) is 5.92. The maximum Gasteiger partial charge on any atom is 0.322 e. The number of nitrogens with one attached hydrogen (secondary N) is 1. The van der Waals surface area contributed by atoms with Crippen molar-refractivity contribution in [1.82, 2.24) is 19.6 Å². The molecule has 1 atom stereocenters. The van der Waals surface area contributed by atoms with Crippen LogP contribution in [0.25, 0.3) is 0 Å². The van der Waals surface area contributed by atoms with Gasteiger partial charge in [0.1, 0.15) is 0 Å². The lowest BCUT2D eigenvalue weighted by molar-refractivity contribution is 0.0846. The summed E-state index contributed by atoms with van der Waals surface area (Å²) in [5.74, 6) is 0. The van der Waals surface area contributed by atoms with Crippen molar-refractivity contribution in [2.75, 3.05) is 31.5 Å². The van der Waals surface area contributed by atoms with Gasteiger partial charge in [0, 0.05) is 36.5 Å². The molecule has 1 saturated heterocycles. The highest BCUT2D eigenvalue weighted by Crippen LogP contribution is 2.20. The maximum atomic E-state index is 12.5. The molecule has 2 aliphatic rings. The van der Waals surface area contributed by atoms with E-state index in [2.05, 4.69) is 15.3 Å². The fourth-order valence-corrected chi connectivity index (χ4v) is 4.15. The van der Waals surface area contributed by atoms with Gasteiger partial charge in [-0.15, -0.1) is 0 Å². The van der Waals surface area contributed by atoms with Crippen LogP contribution in [0, 0.1) is 0 Å². The third-order valence-electron chi connectivity index (χ3n) is 5.63. The van der Waals surface area contributed by atoms with E-state index >= 15 is 0 Å². The molecule has 1 aromatic heterocycles. The van der Waals surface area contributed by atoms with Gasteiger partial charge in [-0.05, 0) is 38.1 Å². The first-order valence-corrected chi connectivity index (χ1v) is 10.2.